The number of nitrogens with one attached hydrogen (secondary N) is 2. The van der Waals surface area contributed by atoms with Gasteiger partial charge < -0.3 is 20.9 Å². The summed E-state index contributed by atoms with van der Waals surface area (Å²) < 4.78 is 1.86. The van der Waals surface area contributed by atoms with E-state index in [-0.39, 0.29) is 0 Å². The highest BCUT2D eigenvalue weighted by molar-refractivity contribution is 5.89. The Bertz CT molecular complexity index is 763. The Morgan fingerprint density at radius 3 is 2.75 bits per heavy atom. The van der Waals surface area contributed by atoms with Gasteiger partial charge in [-0.15, -0.1) is 0 Å². The van der Waals surface area contributed by atoms with Crippen LogP contribution in [-0.4, -0.2) is 31.6 Å². The Balaban J connectivity index is 2.10. The van der Waals surface area contributed by atoms with Gasteiger partial charge in [-0.1, -0.05) is 0 Å². The molecule has 4 N–H and O–H groups in total. The molecule has 0 spiro atoms. The van der Waals surface area contributed by atoms with Gasteiger partial charge in [0.2, 0.25) is 0 Å². The van der Waals surface area contributed by atoms with Gasteiger partial charge >= 0.3 is 0 Å². The largest absolute Gasteiger partial charge is 0.384 e. The molecular weight excluding hydrogens is 256 g/mol. The molecule has 3 rings (SSSR count). The average molecular weight is 270 g/mol. The lowest BCUT2D eigenvalue weighted by Gasteiger charge is -2.09. The first-order valence-corrected chi connectivity index (χ1v) is 6.02. The molecule has 8 nitrogen and oxygen atoms in total. The van der Waals surface area contributed by atoms with Crippen molar-refractivity contribution in [3.05, 3.63) is 24.8 Å². The summed E-state index contributed by atoms with van der Waals surface area (Å²) in [6.45, 7) is 0. The van der Waals surface area contributed by atoms with Crippen molar-refractivity contribution in [1.82, 2.24) is 24.5 Å². The Labute approximate surface area is 115 Å². The summed E-state index contributed by atoms with van der Waals surface area (Å²) in [7, 11) is 3.71. The van der Waals surface area contributed by atoms with Crippen molar-refractivity contribution in [2.45, 2.75) is 0 Å². The lowest BCUT2D eigenvalue weighted by molar-refractivity contribution is 0.931. The van der Waals surface area contributed by atoms with Crippen LogP contribution in [0.15, 0.2) is 24.8 Å². The molecule has 0 fully saturated rings. The molecule has 0 radical (unpaired) electrons. The molecule has 0 saturated heterocycles. The minimum Gasteiger partial charge on any atom is -0.384 e. The quantitative estimate of drug-likeness (QED) is 0.654. The highest BCUT2D eigenvalue weighted by Crippen LogP contribution is 2.26. The molecule has 0 aliphatic carbocycles. The van der Waals surface area contributed by atoms with Crippen LogP contribution in [0.3, 0.4) is 0 Å². The molecule has 0 aromatic carbocycles. The number of rotatable bonds is 3. The number of anilines is 4. The second kappa shape index (κ2) is 4.65. The molecule has 0 atom stereocenters. The lowest BCUT2D eigenvalue weighted by Crippen LogP contribution is -2.01. The monoisotopic (exact) mass is 270 g/mol. The van der Waals surface area contributed by atoms with Crippen molar-refractivity contribution in [2.24, 2.45) is 7.05 Å². The molecule has 0 bridgehead atoms. The summed E-state index contributed by atoms with van der Waals surface area (Å²) in [5, 5.41) is 6.21. The standard InChI is InChI=1S/C12H14N8/c1-14-9-3-7(11-12(19-9)20(2)6-17-11)18-10-4-8(13)15-5-16-10/h3-6H,1-2H3,(H4,13,14,15,16,18,19). The SMILES string of the molecule is CNc1cc(Nc2cc(N)ncn2)c2ncn(C)c2n1. The van der Waals surface area contributed by atoms with E-state index in [0.29, 0.717) is 11.6 Å². The van der Waals surface area contributed by atoms with E-state index in [1.165, 1.54) is 6.33 Å². The average Bonchev–Trinajstić information content (AvgIpc) is 2.81. The van der Waals surface area contributed by atoms with Gasteiger partial charge in [0.25, 0.3) is 0 Å². The van der Waals surface area contributed by atoms with Gasteiger partial charge in [-0.2, -0.15) is 0 Å². The molecule has 3 aromatic heterocycles. The summed E-state index contributed by atoms with van der Waals surface area (Å²) in [6.07, 6.45) is 3.13. The number of pyridine rings is 1. The smallest absolute Gasteiger partial charge is 0.164 e. The first-order valence-electron chi connectivity index (χ1n) is 6.02. The van der Waals surface area contributed by atoms with E-state index in [1.807, 2.05) is 24.7 Å². The van der Waals surface area contributed by atoms with Crippen molar-refractivity contribution < 1.29 is 0 Å². The predicted octanol–water partition coefficient (Wildman–Crippen LogP) is 1.13. The maximum absolute atomic E-state index is 5.65. The van der Waals surface area contributed by atoms with Crippen LogP contribution in [-0.2, 0) is 7.05 Å². The number of imidazole rings is 1. The molecule has 0 saturated carbocycles. The third-order valence-electron chi connectivity index (χ3n) is 2.88. The zero-order valence-corrected chi connectivity index (χ0v) is 11.1. The van der Waals surface area contributed by atoms with Crippen LogP contribution in [0.2, 0.25) is 0 Å². The zero-order valence-electron chi connectivity index (χ0n) is 11.1. The van der Waals surface area contributed by atoms with E-state index >= 15 is 0 Å². The van der Waals surface area contributed by atoms with Gasteiger partial charge in [-0.25, -0.2) is 19.9 Å². The van der Waals surface area contributed by atoms with E-state index < -0.39 is 0 Å². The topological polar surface area (TPSA) is 107 Å². The lowest BCUT2D eigenvalue weighted by atomic mass is 10.3. The Kier molecular flexibility index (Phi) is 2.82. The highest BCUT2D eigenvalue weighted by atomic mass is 15.1. The minimum atomic E-state index is 0.405. The van der Waals surface area contributed by atoms with Gasteiger partial charge in [0, 0.05) is 26.2 Å². The van der Waals surface area contributed by atoms with Crippen LogP contribution < -0.4 is 16.4 Å². The molecule has 3 heterocycles. The number of aryl methyl sites for hydroxylation is 1. The van der Waals surface area contributed by atoms with Crippen LogP contribution in [0.5, 0.6) is 0 Å². The van der Waals surface area contributed by atoms with Gasteiger partial charge in [0.1, 0.15) is 29.3 Å². The number of hydrogen-bond donors (Lipinski definition) is 3. The number of nitrogens with two attached hydrogens (primary N) is 1. The van der Waals surface area contributed by atoms with E-state index in [1.54, 1.807) is 12.4 Å². The predicted molar refractivity (Wildman–Crippen MR) is 77.8 cm³/mol. The summed E-state index contributed by atoms with van der Waals surface area (Å²) in [5.74, 6) is 1.76. The fourth-order valence-corrected chi connectivity index (χ4v) is 1.90. The van der Waals surface area contributed by atoms with Gasteiger partial charge in [0.15, 0.2) is 5.65 Å². The normalized spacial score (nSPS) is 10.7. The molecular formula is C12H14N8. The molecule has 0 unspecified atom stereocenters. The number of hydrogen-bond acceptors (Lipinski definition) is 7. The second-order valence-corrected chi connectivity index (χ2v) is 4.29. The zero-order chi connectivity index (χ0) is 14.1. The number of fused-ring (bicyclic) bond motifs is 1. The van der Waals surface area contributed by atoms with Crippen molar-refractivity contribution in [3.63, 3.8) is 0 Å². The molecule has 3 aromatic rings. The summed E-state index contributed by atoms with van der Waals surface area (Å²) in [4.78, 5) is 16.8. The summed E-state index contributed by atoms with van der Waals surface area (Å²) >= 11 is 0. The van der Waals surface area contributed by atoms with Crippen LogP contribution in [0.1, 0.15) is 0 Å². The molecule has 0 aliphatic heterocycles. The summed E-state index contributed by atoms with van der Waals surface area (Å²) in [5.41, 5.74) is 8.00. The van der Waals surface area contributed by atoms with Crippen LogP contribution in [0, 0.1) is 0 Å². The Morgan fingerprint density at radius 1 is 1.15 bits per heavy atom. The first kappa shape index (κ1) is 12.2. The number of nitrogen functional groups attached to an aromatic ring is 1. The molecule has 0 aliphatic rings. The number of nitrogens with zero attached hydrogens (tertiary/aromatic N) is 5. The van der Waals surface area contributed by atoms with E-state index in [2.05, 4.69) is 30.6 Å². The highest BCUT2D eigenvalue weighted by Gasteiger charge is 2.10. The number of aromatic nitrogens is 5. The minimum absolute atomic E-state index is 0.405. The van der Waals surface area contributed by atoms with Crippen molar-refractivity contribution in [2.75, 3.05) is 23.4 Å². The van der Waals surface area contributed by atoms with E-state index in [9.17, 15) is 0 Å². The molecule has 0 amide bonds. The fraction of sp³-hybridized carbons (Fsp3) is 0.167. The van der Waals surface area contributed by atoms with Crippen molar-refractivity contribution in [3.8, 4) is 0 Å². The Morgan fingerprint density at radius 2 is 2.00 bits per heavy atom. The van der Waals surface area contributed by atoms with Gasteiger partial charge in [0.05, 0.1) is 12.0 Å². The van der Waals surface area contributed by atoms with Crippen LogP contribution >= 0.6 is 0 Å². The van der Waals surface area contributed by atoms with Crippen LogP contribution in [0.25, 0.3) is 11.2 Å². The third kappa shape index (κ3) is 2.07. The van der Waals surface area contributed by atoms with Crippen molar-refractivity contribution >= 4 is 34.3 Å². The Hall–Kier alpha value is -2.90. The van der Waals surface area contributed by atoms with Crippen molar-refractivity contribution in [1.29, 1.82) is 0 Å². The van der Waals surface area contributed by atoms with E-state index in [4.69, 9.17) is 5.73 Å². The maximum Gasteiger partial charge on any atom is 0.164 e. The third-order valence-corrected chi connectivity index (χ3v) is 2.88. The maximum atomic E-state index is 5.65. The van der Waals surface area contributed by atoms with E-state index in [0.717, 1.165) is 22.7 Å². The molecule has 20 heavy (non-hydrogen) atoms. The first-order chi connectivity index (χ1) is 9.67. The molecule has 8 heteroatoms. The second-order valence-electron chi connectivity index (χ2n) is 4.29. The van der Waals surface area contributed by atoms with Gasteiger partial charge in [-0.05, 0) is 0 Å². The molecule has 102 valence electrons. The van der Waals surface area contributed by atoms with Crippen LogP contribution in [0.4, 0.5) is 23.1 Å². The summed E-state index contributed by atoms with van der Waals surface area (Å²) in [6, 6.07) is 3.53. The van der Waals surface area contributed by atoms with Gasteiger partial charge in [-0.3, -0.25) is 0 Å². The fourth-order valence-electron chi connectivity index (χ4n) is 1.90.